The summed E-state index contributed by atoms with van der Waals surface area (Å²) in [6.07, 6.45) is 2.36. The lowest BCUT2D eigenvalue weighted by Crippen LogP contribution is -2.42. The third kappa shape index (κ3) is 5.21. The standard InChI is InChI=1S/C30H29FN2O4/c1-37-23-11-7-19(8-12-23)15-24(20-5-3-2-4-6-20)30(36)32-22-10-14-28-26(17-22)25-16-21(31)9-13-27(25)33(28)18-29(34)35/h2-9,11-13,16,22,24H,10,14-15,17-18H2,1H3,(H,32,36)(H,34,35)/t22-,24-/m0/s1. The van der Waals surface area contributed by atoms with Crippen molar-refractivity contribution < 1.29 is 23.8 Å². The number of aromatic nitrogens is 1. The molecule has 0 aliphatic heterocycles. The summed E-state index contributed by atoms with van der Waals surface area (Å²) >= 11 is 0. The lowest BCUT2D eigenvalue weighted by atomic mass is 9.88. The van der Waals surface area contributed by atoms with Gasteiger partial charge in [0.1, 0.15) is 18.1 Å². The summed E-state index contributed by atoms with van der Waals surface area (Å²) in [6, 6.07) is 21.8. The van der Waals surface area contributed by atoms with Crippen LogP contribution in [0, 0.1) is 5.82 Å². The second kappa shape index (κ2) is 10.5. The van der Waals surface area contributed by atoms with Gasteiger partial charge in [-0.05, 0) is 72.7 Å². The van der Waals surface area contributed by atoms with Crippen LogP contribution in [0.2, 0.25) is 0 Å². The topological polar surface area (TPSA) is 80.6 Å². The summed E-state index contributed by atoms with van der Waals surface area (Å²) < 4.78 is 21.2. The normalized spacial score (nSPS) is 15.7. The van der Waals surface area contributed by atoms with Gasteiger partial charge in [-0.25, -0.2) is 4.39 Å². The third-order valence-electron chi connectivity index (χ3n) is 7.19. The molecule has 1 aliphatic carbocycles. The number of benzene rings is 3. The Morgan fingerprint density at radius 2 is 1.86 bits per heavy atom. The van der Waals surface area contributed by atoms with E-state index < -0.39 is 5.97 Å². The summed E-state index contributed by atoms with van der Waals surface area (Å²) in [4.78, 5) is 25.2. The van der Waals surface area contributed by atoms with E-state index in [1.165, 1.54) is 12.1 Å². The molecule has 0 saturated carbocycles. The number of rotatable bonds is 8. The first kappa shape index (κ1) is 24.6. The fourth-order valence-electron chi connectivity index (χ4n) is 5.41. The quantitative estimate of drug-likeness (QED) is 0.362. The van der Waals surface area contributed by atoms with Crippen molar-refractivity contribution in [2.75, 3.05) is 7.11 Å². The smallest absolute Gasteiger partial charge is 0.323 e. The highest BCUT2D eigenvalue weighted by Gasteiger charge is 2.29. The Kier molecular flexibility index (Phi) is 6.95. The van der Waals surface area contributed by atoms with Crippen LogP contribution in [0.1, 0.15) is 34.7 Å². The molecule has 4 aromatic rings. The van der Waals surface area contributed by atoms with Gasteiger partial charge < -0.3 is 19.7 Å². The van der Waals surface area contributed by atoms with Crippen LogP contribution in [0.3, 0.4) is 0 Å². The van der Waals surface area contributed by atoms with Gasteiger partial charge in [0.25, 0.3) is 0 Å². The number of ether oxygens (including phenoxy) is 1. The first-order valence-electron chi connectivity index (χ1n) is 12.4. The van der Waals surface area contributed by atoms with Crippen molar-refractivity contribution >= 4 is 22.8 Å². The van der Waals surface area contributed by atoms with Gasteiger partial charge in [0.05, 0.1) is 13.0 Å². The SMILES string of the molecule is COc1ccc(C[C@H](C(=O)N[C@H]2CCc3c(c4cc(F)ccc4n3CC(=O)O)C2)c2ccccc2)cc1. The number of carbonyl (C=O) groups is 2. The largest absolute Gasteiger partial charge is 0.497 e. The van der Waals surface area contributed by atoms with Crippen molar-refractivity contribution in [3.05, 3.63) is 101 Å². The van der Waals surface area contributed by atoms with E-state index in [-0.39, 0.29) is 30.2 Å². The zero-order valence-corrected chi connectivity index (χ0v) is 20.6. The van der Waals surface area contributed by atoms with Gasteiger partial charge in [-0.1, -0.05) is 42.5 Å². The monoisotopic (exact) mass is 500 g/mol. The van der Waals surface area contributed by atoms with Crippen LogP contribution in [0.15, 0.2) is 72.8 Å². The van der Waals surface area contributed by atoms with Crippen molar-refractivity contribution in [2.24, 2.45) is 0 Å². The first-order chi connectivity index (χ1) is 17.9. The molecule has 0 spiro atoms. The number of methoxy groups -OCH3 is 1. The molecule has 37 heavy (non-hydrogen) atoms. The van der Waals surface area contributed by atoms with Gasteiger partial charge in [0.15, 0.2) is 0 Å². The molecule has 1 amide bonds. The maximum Gasteiger partial charge on any atom is 0.323 e. The van der Waals surface area contributed by atoms with Crippen molar-refractivity contribution in [1.82, 2.24) is 9.88 Å². The predicted octanol–water partition coefficient (Wildman–Crippen LogP) is 4.87. The highest BCUT2D eigenvalue weighted by atomic mass is 19.1. The van der Waals surface area contributed by atoms with E-state index in [0.29, 0.717) is 36.6 Å². The Hall–Kier alpha value is -4.13. The van der Waals surface area contributed by atoms with E-state index in [4.69, 9.17) is 4.74 Å². The number of carboxylic acid groups (broad SMARTS) is 1. The summed E-state index contributed by atoms with van der Waals surface area (Å²) in [7, 11) is 1.62. The van der Waals surface area contributed by atoms with Crippen molar-refractivity contribution in [3.8, 4) is 5.75 Å². The summed E-state index contributed by atoms with van der Waals surface area (Å²) in [5.74, 6) is -0.972. The number of carbonyl (C=O) groups excluding carboxylic acids is 1. The molecule has 1 heterocycles. The molecule has 0 unspecified atom stereocenters. The zero-order valence-electron chi connectivity index (χ0n) is 20.6. The number of hydrogen-bond donors (Lipinski definition) is 2. The summed E-state index contributed by atoms with van der Waals surface area (Å²) in [6.45, 7) is -0.174. The van der Waals surface area contributed by atoms with Crippen LogP contribution in [-0.4, -0.2) is 34.7 Å². The number of nitrogens with one attached hydrogen (secondary N) is 1. The minimum Gasteiger partial charge on any atom is -0.497 e. The molecule has 0 fully saturated rings. The molecule has 0 bridgehead atoms. The molecule has 2 atom stereocenters. The molecule has 0 saturated heterocycles. The Morgan fingerprint density at radius 1 is 1.11 bits per heavy atom. The summed E-state index contributed by atoms with van der Waals surface area (Å²) in [5.41, 5.74) is 4.50. The van der Waals surface area contributed by atoms with Gasteiger partial charge >= 0.3 is 5.97 Å². The Balaban J connectivity index is 1.40. The fourth-order valence-corrected chi connectivity index (χ4v) is 5.41. The second-order valence-corrected chi connectivity index (χ2v) is 9.53. The average molecular weight is 501 g/mol. The number of halogens is 1. The second-order valence-electron chi connectivity index (χ2n) is 9.53. The Bertz CT molecular complexity index is 1430. The van der Waals surface area contributed by atoms with E-state index in [1.54, 1.807) is 17.7 Å². The van der Waals surface area contributed by atoms with Gasteiger partial charge in [0.2, 0.25) is 5.91 Å². The molecule has 1 aromatic heterocycles. The van der Waals surface area contributed by atoms with Crippen LogP contribution in [0.5, 0.6) is 5.75 Å². The maximum atomic E-state index is 14.1. The van der Waals surface area contributed by atoms with Gasteiger partial charge in [-0.2, -0.15) is 0 Å². The van der Waals surface area contributed by atoms with Gasteiger partial charge in [-0.15, -0.1) is 0 Å². The number of hydrogen-bond acceptors (Lipinski definition) is 3. The van der Waals surface area contributed by atoms with E-state index >= 15 is 0 Å². The lowest BCUT2D eigenvalue weighted by Gasteiger charge is -2.27. The minimum absolute atomic E-state index is 0.0593. The molecule has 190 valence electrons. The van der Waals surface area contributed by atoms with Crippen LogP contribution in [0.25, 0.3) is 10.9 Å². The van der Waals surface area contributed by atoms with Crippen LogP contribution < -0.4 is 10.1 Å². The van der Waals surface area contributed by atoms with E-state index in [9.17, 15) is 19.1 Å². The summed E-state index contributed by atoms with van der Waals surface area (Å²) in [5, 5.41) is 13.4. The van der Waals surface area contributed by atoms with Crippen LogP contribution in [-0.2, 0) is 35.4 Å². The first-order valence-corrected chi connectivity index (χ1v) is 12.4. The average Bonchev–Trinajstić information content (AvgIpc) is 3.19. The molecule has 1 aliphatic rings. The molecule has 5 rings (SSSR count). The molecule has 2 N–H and O–H groups in total. The lowest BCUT2D eigenvalue weighted by molar-refractivity contribution is -0.137. The fraction of sp³-hybridized carbons (Fsp3) is 0.267. The molecular formula is C30H29FN2O4. The van der Waals surface area contributed by atoms with Crippen molar-refractivity contribution in [3.63, 3.8) is 0 Å². The van der Waals surface area contributed by atoms with Crippen molar-refractivity contribution in [2.45, 2.75) is 44.2 Å². The highest BCUT2D eigenvalue weighted by Crippen LogP contribution is 2.33. The van der Waals surface area contributed by atoms with Crippen molar-refractivity contribution in [1.29, 1.82) is 0 Å². The molecule has 3 aromatic carbocycles. The Morgan fingerprint density at radius 3 is 2.57 bits per heavy atom. The molecule has 6 nitrogen and oxygen atoms in total. The molecular weight excluding hydrogens is 471 g/mol. The maximum absolute atomic E-state index is 14.1. The number of carboxylic acids is 1. The molecule has 0 radical (unpaired) electrons. The van der Waals surface area contributed by atoms with Gasteiger partial charge in [0, 0.05) is 22.6 Å². The number of nitrogens with zero attached hydrogens (tertiary/aromatic N) is 1. The van der Waals surface area contributed by atoms with Crippen LogP contribution >= 0.6 is 0 Å². The number of fused-ring (bicyclic) bond motifs is 3. The zero-order chi connectivity index (χ0) is 25.9. The van der Waals surface area contributed by atoms with E-state index in [2.05, 4.69) is 5.32 Å². The van der Waals surface area contributed by atoms with Gasteiger partial charge in [-0.3, -0.25) is 9.59 Å². The van der Waals surface area contributed by atoms with Crippen LogP contribution in [0.4, 0.5) is 4.39 Å². The Labute approximate surface area is 214 Å². The highest BCUT2D eigenvalue weighted by molar-refractivity contribution is 5.88. The molecule has 7 heteroatoms. The third-order valence-corrected chi connectivity index (χ3v) is 7.19. The minimum atomic E-state index is -0.941. The van der Waals surface area contributed by atoms with E-state index in [1.807, 2.05) is 54.6 Å². The number of aliphatic carboxylic acids is 1. The predicted molar refractivity (Wildman–Crippen MR) is 139 cm³/mol. The number of amides is 1. The van der Waals surface area contributed by atoms with E-state index in [0.717, 1.165) is 28.1 Å².